The van der Waals surface area contributed by atoms with Gasteiger partial charge in [-0.2, -0.15) is 0 Å². The molecule has 32 heavy (non-hydrogen) atoms. The van der Waals surface area contributed by atoms with Gasteiger partial charge in [-0.15, -0.1) is 0 Å². The van der Waals surface area contributed by atoms with E-state index in [0.717, 1.165) is 33.5 Å². The van der Waals surface area contributed by atoms with Gasteiger partial charge in [-0.3, -0.25) is 4.79 Å². The summed E-state index contributed by atoms with van der Waals surface area (Å²) in [5.74, 6) is 1.32. The molecule has 0 spiro atoms. The fraction of sp³-hybridized carbons (Fsp3) is 0.148. The van der Waals surface area contributed by atoms with E-state index in [1.165, 1.54) is 0 Å². The maximum Gasteiger partial charge on any atom is 0.262 e. The number of aromatic nitrogens is 1. The smallest absolute Gasteiger partial charge is 0.262 e. The molecule has 0 amide bonds. The molecule has 0 radical (unpaired) electrons. The highest BCUT2D eigenvalue weighted by molar-refractivity contribution is 6.11. The Morgan fingerprint density at radius 2 is 1.59 bits per heavy atom. The van der Waals surface area contributed by atoms with Gasteiger partial charge >= 0.3 is 0 Å². The molecular formula is C27H24N2O3. The van der Waals surface area contributed by atoms with Gasteiger partial charge in [-0.25, -0.2) is 0 Å². The SMILES string of the molecule is CC(C)Oc1ccc(-c2c(Nc3ccccc3)oc3c2c(=O)n(C)c2ccccc32)cc1. The van der Waals surface area contributed by atoms with Crippen LogP contribution in [-0.2, 0) is 7.05 Å². The van der Waals surface area contributed by atoms with Gasteiger partial charge < -0.3 is 19.0 Å². The highest BCUT2D eigenvalue weighted by Gasteiger charge is 2.22. The van der Waals surface area contributed by atoms with Crippen LogP contribution in [0, 0.1) is 0 Å². The van der Waals surface area contributed by atoms with E-state index >= 15 is 0 Å². The van der Waals surface area contributed by atoms with Crippen molar-refractivity contribution in [2.75, 3.05) is 5.32 Å². The average Bonchev–Trinajstić information content (AvgIpc) is 3.17. The van der Waals surface area contributed by atoms with Gasteiger partial charge in [0.2, 0.25) is 5.88 Å². The van der Waals surface area contributed by atoms with Crippen molar-refractivity contribution < 1.29 is 9.15 Å². The van der Waals surface area contributed by atoms with Crippen LogP contribution in [0.15, 0.2) is 88.1 Å². The Balaban J connectivity index is 1.79. The summed E-state index contributed by atoms with van der Waals surface area (Å²) < 4.78 is 13.8. The number of aryl methyl sites for hydroxylation is 1. The Morgan fingerprint density at radius 3 is 2.31 bits per heavy atom. The lowest BCUT2D eigenvalue weighted by molar-refractivity contribution is 0.242. The molecule has 5 heteroatoms. The van der Waals surface area contributed by atoms with E-state index in [9.17, 15) is 4.79 Å². The van der Waals surface area contributed by atoms with Crippen LogP contribution in [0.3, 0.4) is 0 Å². The lowest BCUT2D eigenvalue weighted by atomic mass is 10.0. The second-order valence-corrected chi connectivity index (χ2v) is 8.07. The van der Waals surface area contributed by atoms with Crippen LogP contribution in [-0.4, -0.2) is 10.7 Å². The number of rotatable bonds is 5. The Labute approximate surface area is 185 Å². The van der Waals surface area contributed by atoms with Crippen LogP contribution in [0.5, 0.6) is 5.75 Å². The van der Waals surface area contributed by atoms with Crippen molar-refractivity contribution in [2.45, 2.75) is 20.0 Å². The van der Waals surface area contributed by atoms with Crippen LogP contribution >= 0.6 is 0 Å². The molecule has 0 saturated heterocycles. The Bertz CT molecular complexity index is 1460. The fourth-order valence-electron chi connectivity index (χ4n) is 4.05. The number of benzene rings is 3. The molecule has 0 unspecified atom stereocenters. The minimum Gasteiger partial charge on any atom is -0.491 e. The monoisotopic (exact) mass is 424 g/mol. The molecule has 0 aliphatic heterocycles. The van der Waals surface area contributed by atoms with Crippen molar-refractivity contribution >= 4 is 33.4 Å². The summed E-state index contributed by atoms with van der Waals surface area (Å²) in [6.07, 6.45) is 0.0876. The van der Waals surface area contributed by atoms with E-state index in [4.69, 9.17) is 9.15 Å². The molecule has 2 heterocycles. The lowest BCUT2D eigenvalue weighted by Gasteiger charge is -2.11. The highest BCUT2D eigenvalue weighted by Crippen LogP contribution is 2.41. The maximum absolute atomic E-state index is 13.5. The number of fused-ring (bicyclic) bond motifs is 3. The number of ether oxygens (including phenoxy) is 1. The van der Waals surface area contributed by atoms with Crippen molar-refractivity contribution in [1.29, 1.82) is 0 Å². The third-order valence-corrected chi connectivity index (χ3v) is 5.48. The standard InChI is InChI=1S/C27H24N2O3/c1-17(2)31-20-15-13-18(14-16-20)23-24-25(32-26(23)28-19-9-5-4-6-10-19)21-11-7-8-12-22(21)29(3)27(24)30/h4-17,28H,1-3H3. The third-order valence-electron chi connectivity index (χ3n) is 5.48. The number of nitrogens with one attached hydrogen (secondary N) is 1. The number of pyridine rings is 1. The number of hydrogen-bond acceptors (Lipinski definition) is 4. The molecule has 0 atom stereocenters. The first kappa shape index (κ1) is 19.9. The lowest BCUT2D eigenvalue weighted by Crippen LogP contribution is -2.17. The summed E-state index contributed by atoms with van der Waals surface area (Å²) in [5.41, 5.74) is 3.82. The van der Waals surface area contributed by atoms with Crippen LogP contribution in [0.25, 0.3) is 33.0 Å². The predicted octanol–water partition coefficient (Wildman–Crippen LogP) is 6.48. The maximum atomic E-state index is 13.5. The van der Waals surface area contributed by atoms with E-state index in [0.29, 0.717) is 16.9 Å². The molecule has 0 saturated carbocycles. The van der Waals surface area contributed by atoms with Gasteiger partial charge in [-0.1, -0.05) is 42.5 Å². The van der Waals surface area contributed by atoms with Crippen molar-refractivity contribution in [3.63, 3.8) is 0 Å². The predicted molar refractivity (Wildman–Crippen MR) is 130 cm³/mol. The van der Waals surface area contributed by atoms with Gasteiger partial charge in [0.05, 0.1) is 22.6 Å². The van der Waals surface area contributed by atoms with Crippen LogP contribution in [0.4, 0.5) is 11.6 Å². The zero-order valence-electron chi connectivity index (χ0n) is 18.3. The zero-order valence-corrected chi connectivity index (χ0v) is 18.3. The third kappa shape index (κ3) is 3.42. The van der Waals surface area contributed by atoms with Crippen molar-refractivity contribution in [2.24, 2.45) is 7.05 Å². The Morgan fingerprint density at radius 1 is 0.906 bits per heavy atom. The van der Waals surface area contributed by atoms with Gasteiger partial charge in [0.1, 0.15) is 5.75 Å². The molecule has 1 N–H and O–H groups in total. The first-order chi connectivity index (χ1) is 15.5. The van der Waals surface area contributed by atoms with E-state index in [-0.39, 0.29) is 11.7 Å². The Hall–Kier alpha value is -3.99. The van der Waals surface area contributed by atoms with Gasteiger partial charge in [0, 0.05) is 18.1 Å². The zero-order chi connectivity index (χ0) is 22.2. The van der Waals surface area contributed by atoms with Gasteiger partial charge in [-0.05, 0) is 55.8 Å². The fourth-order valence-corrected chi connectivity index (χ4v) is 4.05. The molecule has 3 aromatic carbocycles. The molecule has 0 fully saturated rings. The normalized spacial score (nSPS) is 11.4. The highest BCUT2D eigenvalue weighted by atomic mass is 16.5. The van der Waals surface area contributed by atoms with Crippen molar-refractivity contribution in [3.05, 3.63) is 89.2 Å². The molecule has 5 aromatic rings. The van der Waals surface area contributed by atoms with Crippen LogP contribution in [0.2, 0.25) is 0 Å². The van der Waals surface area contributed by atoms with E-state index in [2.05, 4.69) is 5.32 Å². The molecule has 0 bridgehead atoms. The van der Waals surface area contributed by atoms with E-state index in [1.54, 1.807) is 11.6 Å². The minimum atomic E-state index is -0.0962. The Kier molecular flexibility index (Phi) is 4.94. The molecule has 5 rings (SSSR count). The summed E-state index contributed by atoms with van der Waals surface area (Å²) in [5, 5.41) is 4.83. The summed E-state index contributed by atoms with van der Waals surface area (Å²) in [7, 11) is 1.80. The number of para-hydroxylation sites is 2. The molecule has 0 aliphatic carbocycles. The van der Waals surface area contributed by atoms with Crippen molar-refractivity contribution in [1.82, 2.24) is 4.57 Å². The topological polar surface area (TPSA) is 56.4 Å². The average molecular weight is 425 g/mol. The summed E-state index contributed by atoms with van der Waals surface area (Å²) in [6, 6.07) is 25.4. The molecule has 0 aliphatic rings. The van der Waals surface area contributed by atoms with Crippen LogP contribution in [0.1, 0.15) is 13.8 Å². The number of hydrogen-bond donors (Lipinski definition) is 1. The first-order valence-corrected chi connectivity index (χ1v) is 10.7. The summed E-state index contributed by atoms with van der Waals surface area (Å²) >= 11 is 0. The van der Waals surface area contributed by atoms with Gasteiger partial charge in [0.25, 0.3) is 5.56 Å². The van der Waals surface area contributed by atoms with E-state index in [1.807, 2.05) is 92.7 Å². The largest absolute Gasteiger partial charge is 0.491 e. The molecule has 160 valence electrons. The summed E-state index contributed by atoms with van der Waals surface area (Å²) in [6.45, 7) is 3.99. The first-order valence-electron chi connectivity index (χ1n) is 10.7. The van der Waals surface area contributed by atoms with E-state index < -0.39 is 0 Å². The number of anilines is 2. The second kappa shape index (κ2) is 7.93. The van der Waals surface area contributed by atoms with Crippen LogP contribution < -0.4 is 15.6 Å². The minimum absolute atomic E-state index is 0.0876. The van der Waals surface area contributed by atoms with Gasteiger partial charge in [0.15, 0.2) is 5.58 Å². The molecule has 2 aromatic heterocycles. The van der Waals surface area contributed by atoms with Crippen molar-refractivity contribution in [3.8, 4) is 16.9 Å². The molecule has 5 nitrogen and oxygen atoms in total. The number of furan rings is 1. The number of nitrogens with zero attached hydrogens (tertiary/aromatic N) is 1. The summed E-state index contributed by atoms with van der Waals surface area (Å²) in [4.78, 5) is 13.5. The second-order valence-electron chi connectivity index (χ2n) is 8.07. The quantitative estimate of drug-likeness (QED) is 0.351. The molecular weight excluding hydrogens is 400 g/mol.